The third-order valence-corrected chi connectivity index (χ3v) is 3.71. The SMILES string of the molecule is Cc1ccc(N)c(-c2nnnn2-c2c(F)cccc2Br)c1. The van der Waals surface area contributed by atoms with Gasteiger partial charge in [-0.25, -0.2) is 4.39 Å². The summed E-state index contributed by atoms with van der Waals surface area (Å²) in [7, 11) is 0. The number of para-hydroxylation sites is 1. The van der Waals surface area contributed by atoms with Crippen LogP contribution in [0, 0.1) is 12.7 Å². The number of halogens is 2. The number of tetrazole rings is 1. The molecule has 0 atom stereocenters. The summed E-state index contributed by atoms with van der Waals surface area (Å²) >= 11 is 3.32. The molecular weight excluding hydrogens is 337 g/mol. The first-order valence-corrected chi connectivity index (χ1v) is 6.96. The summed E-state index contributed by atoms with van der Waals surface area (Å²) in [6.07, 6.45) is 0. The van der Waals surface area contributed by atoms with E-state index in [4.69, 9.17) is 5.73 Å². The summed E-state index contributed by atoms with van der Waals surface area (Å²) in [5.74, 6) is -0.0360. The van der Waals surface area contributed by atoms with Gasteiger partial charge in [-0.1, -0.05) is 17.7 Å². The Morgan fingerprint density at radius 1 is 1.24 bits per heavy atom. The van der Waals surface area contributed by atoms with Gasteiger partial charge in [-0.2, -0.15) is 4.68 Å². The van der Waals surface area contributed by atoms with Gasteiger partial charge in [0.15, 0.2) is 5.82 Å². The van der Waals surface area contributed by atoms with Crippen molar-refractivity contribution in [1.29, 1.82) is 0 Å². The molecule has 1 aromatic heterocycles. The summed E-state index contributed by atoms with van der Waals surface area (Å²) in [4.78, 5) is 0. The predicted octanol–water partition coefficient (Wildman–Crippen LogP) is 3.12. The van der Waals surface area contributed by atoms with E-state index in [0.717, 1.165) is 5.56 Å². The molecule has 0 saturated heterocycles. The molecule has 0 fully saturated rings. The molecule has 0 unspecified atom stereocenters. The van der Waals surface area contributed by atoms with Gasteiger partial charge >= 0.3 is 0 Å². The average Bonchev–Trinajstić information content (AvgIpc) is 2.90. The quantitative estimate of drug-likeness (QED) is 0.723. The van der Waals surface area contributed by atoms with Crippen molar-refractivity contribution in [2.75, 3.05) is 5.73 Å². The Kier molecular flexibility index (Phi) is 3.42. The zero-order valence-electron chi connectivity index (χ0n) is 11.1. The standard InChI is InChI=1S/C14H11BrFN5/c1-8-5-6-12(17)9(7-8)14-18-19-20-21(14)13-10(15)3-2-4-11(13)16/h2-7H,17H2,1H3. The van der Waals surface area contributed by atoms with E-state index in [1.165, 1.54) is 10.7 Å². The second-order valence-corrected chi connectivity index (χ2v) is 5.43. The summed E-state index contributed by atoms with van der Waals surface area (Å²) in [5, 5.41) is 11.5. The number of aromatic nitrogens is 4. The van der Waals surface area contributed by atoms with Gasteiger partial charge in [-0.3, -0.25) is 0 Å². The molecule has 0 amide bonds. The summed E-state index contributed by atoms with van der Waals surface area (Å²) < 4.78 is 16.0. The maximum Gasteiger partial charge on any atom is 0.189 e. The lowest BCUT2D eigenvalue weighted by Gasteiger charge is -2.10. The second kappa shape index (κ2) is 5.25. The molecule has 0 bridgehead atoms. The Hall–Kier alpha value is -2.28. The van der Waals surface area contributed by atoms with Gasteiger partial charge in [0.2, 0.25) is 0 Å². The van der Waals surface area contributed by atoms with E-state index in [1.807, 2.05) is 19.1 Å². The molecule has 7 heteroatoms. The van der Waals surface area contributed by atoms with Gasteiger partial charge in [0.25, 0.3) is 0 Å². The third-order valence-electron chi connectivity index (χ3n) is 3.07. The fourth-order valence-electron chi connectivity index (χ4n) is 2.06. The van der Waals surface area contributed by atoms with Gasteiger partial charge in [-0.15, -0.1) is 5.10 Å². The molecule has 1 heterocycles. The molecule has 2 aromatic carbocycles. The monoisotopic (exact) mass is 347 g/mol. The smallest absolute Gasteiger partial charge is 0.189 e. The van der Waals surface area contributed by atoms with E-state index in [1.54, 1.807) is 18.2 Å². The fraction of sp³-hybridized carbons (Fsp3) is 0.0714. The van der Waals surface area contributed by atoms with Crippen LogP contribution in [0.5, 0.6) is 0 Å². The van der Waals surface area contributed by atoms with Crippen molar-refractivity contribution in [1.82, 2.24) is 20.2 Å². The Balaban J connectivity index is 2.25. The van der Waals surface area contributed by atoms with E-state index in [0.29, 0.717) is 21.5 Å². The lowest BCUT2D eigenvalue weighted by atomic mass is 10.1. The highest BCUT2D eigenvalue weighted by Crippen LogP contribution is 2.30. The number of aryl methyl sites for hydroxylation is 1. The van der Waals surface area contributed by atoms with Crippen LogP contribution < -0.4 is 5.73 Å². The van der Waals surface area contributed by atoms with Crippen molar-refractivity contribution in [3.05, 3.63) is 52.3 Å². The molecule has 3 aromatic rings. The van der Waals surface area contributed by atoms with Crippen LogP contribution in [0.25, 0.3) is 17.1 Å². The van der Waals surface area contributed by atoms with Crippen LogP contribution in [-0.2, 0) is 0 Å². The van der Waals surface area contributed by atoms with E-state index in [-0.39, 0.29) is 5.69 Å². The minimum Gasteiger partial charge on any atom is -0.398 e. The molecule has 0 radical (unpaired) electrons. The number of anilines is 1. The zero-order valence-corrected chi connectivity index (χ0v) is 12.7. The van der Waals surface area contributed by atoms with Crippen molar-refractivity contribution >= 4 is 21.6 Å². The maximum atomic E-state index is 14.1. The molecule has 0 aliphatic rings. The minimum atomic E-state index is -0.427. The average molecular weight is 348 g/mol. The third kappa shape index (κ3) is 2.40. The molecule has 5 nitrogen and oxygen atoms in total. The predicted molar refractivity (Wildman–Crippen MR) is 81.4 cm³/mol. The van der Waals surface area contributed by atoms with Crippen molar-refractivity contribution in [2.45, 2.75) is 6.92 Å². The van der Waals surface area contributed by atoms with Crippen LogP contribution in [0.15, 0.2) is 40.9 Å². The van der Waals surface area contributed by atoms with Gasteiger partial charge in [0, 0.05) is 15.7 Å². The molecule has 21 heavy (non-hydrogen) atoms. The van der Waals surface area contributed by atoms with Crippen LogP contribution in [0.1, 0.15) is 5.56 Å². The Labute approximate surface area is 128 Å². The van der Waals surface area contributed by atoms with Crippen LogP contribution in [0.4, 0.5) is 10.1 Å². The van der Waals surface area contributed by atoms with Crippen LogP contribution in [0.2, 0.25) is 0 Å². The maximum absolute atomic E-state index is 14.1. The molecule has 0 saturated carbocycles. The normalized spacial score (nSPS) is 10.8. The highest BCUT2D eigenvalue weighted by atomic mass is 79.9. The highest BCUT2D eigenvalue weighted by molar-refractivity contribution is 9.10. The van der Waals surface area contributed by atoms with E-state index < -0.39 is 5.82 Å². The van der Waals surface area contributed by atoms with E-state index >= 15 is 0 Å². The number of hydrogen-bond acceptors (Lipinski definition) is 4. The molecule has 0 aliphatic heterocycles. The summed E-state index contributed by atoms with van der Waals surface area (Å²) in [5.41, 5.74) is 8.45. The van der Waals surface area contributed by atoms with Crippen LogP contribution >= 0.6 is 15.9 Å². The number of benzene rings is 2. The van der Waals surface area contributed by atoms with Gasteiger partial charge < -0.3 is 5.73 Å². The topological polar surface area (TPSA) is 69.6 Å². The highest BCUT2D eigenvalue weighted by Gasteiger charge is 2.18. The first kappa shape index (κ1) is 13.7. The first-order chi connectivity index (χ1) is 10.1. The Morgan fingerprint density at radius 2 is 2.05 bits per heavy atom. The number of nitrogens with zero attached hydrogens (tertiary/aromatic N) is 4. The Bertz CT molecular complexity index is 795. The molecule has 106 valence electrons. The van der Waals surface area contributed by atoms with E-state index in [9.17, 15) is 4.39 Å². The zero-order chi connectivity index (χ0) is 15.0. The second-order valence-electron chi connectivity index (χ2n) is 4.58. The number of rotatable bonds is 2. The lowest BCUT2D eigenvalue weighted by molar-refractivity contribution is 0.606. The molecular formula is C14H11BrFN5. The van der Waals surface area contributed by atoms with Gasteiger partial charge in [0.1, 0.15) is 11.5 Å². The minimum absolute atomic E-state index is 0.249. The number of nitrogens with two attached hydrogens (primary N) is 1. The number of nitrogen functional groups attached to an aromatic ring is 1. The van der Waals surface area contributed by atoms with Gasteiger partial charge in [-0.05, 0) is 57.5 Å². The summed E-state index contributed by atoms with van der Waals surface area (Å²) in [6, 6.07) is 10.2. The fourth-order valence-corrected chi connectivity index (χ4v) is 2.57. The lowest BCUT2D eigenvalue weighted by Crippen LogP contribution is -2.05. The summed E-state index contributed by atoms with van der Waals surface area (Å²) in [6.45, 7) is 1.94. The van der Waals surface area contributed by atoms with Gasteiger partial charge in [0.05, 0.1) is 0 Å². The van der Waals surface area contributed by atoms with Crippen molar-refractivity contribution in [3.63, 3.8) is 0 Å². The van der Waals surface area contributed by atoms with Crippen molar-refractivity contribution in [3.8, 4) is 17.1 Å². The van der Waals surface area contributed by atoms with Crippen LogP contribution in [-0.4, -0.2) is 20.2 Å². The molecule has 0 aliphatic carbocycles. The largest absolute Gasteiger partial charge is 0.398 e. The Morgan fingerprint density at radius 3 is 2.81 bits per heavy atom. The molecule has 0 spiro atoms. The van der Waals surface area contributed by atoms with Crippen molar-refractivity contribution < 1.29 is 4.39 Å². The molecule has 3 rings (SSSR count). The first-order valence-electron chi connectivity index (χ1n) is 6.17. The van der Waals surface area contributed by atoms with Crippen LogP contribution in [0.3, 0.4) is 0 Å². The van der Waals surface area contributed by atoms with Crippen molar-refractivity contribution in [2.24, 2.45) is 0 Å². The number of hydrogen-bond donors (Lipinski definition) is 1. The van der Waals surface area contributed by atoms with E-state index in [2.05, 4.69) is 31.5 Å². The molecule has 2 N–H and O–H groups in total.